The minimum Gasteiger partial charge on any atom is -0.469 e. The standard InChI is InChI=1S/C14H16FNO/c1-11(13-6-2-3-7-14(13)15)16-9-8-12-5-4-10-17-12/h2-7,10-11,16H,8-9H2,1H3. The molecule has 0 saturated heterocycles. The summed E-state index contributed by atoms with van der Waals surface area (Å²) in [5.41, 5.74) is 0.701. The molecule has 0 fully saturated rings. The lowest BCUT2D eigenvalue weighted by atomic mass is 10.1. The zero-order chi connectivity index (χ0) is 12.1. The second-order valence-electron chi connectivity index (χ2n) is 4.03. The molecule has 0 aliphatic heterocycles. The van der Waals surface area contributed by atoms with Crippen LogP contribution in [0.3, 0.4) is 0 Å². The van der Waals surface area contributed by atoms with Crippen molar-refractivity contribution in [2.45, 2.75) is 19.4 Å². The van der Waals surface area contributed by atoms with Crippen molar-refractivity contribution >= 4 is 0 Å². The summed E-state index contributed by atoms with van der Waals surface area (Å²) in [7, 11) is 0. The van der Waals surface area contributed by atoms with Crippen LogP contribution < -0.4 is 5.32 Å². The Kier molecular flexibility index (Phi) is 3.94. The van der Waals surface area contributed by atoms with Crippen molar-refractivity contribution in [2.75, 3.05) is 6.54 Å². The van der Waals surface area contributed by atoms with E-state index in [1.54, 1.807) is 18.4 Å². The van der Waals surface area contributed by atoms with Gasteiger partial charge in [0.15, 0.2) is 0 Å². The maximum absolute atomic E-state index is 13.5. The van der Waals surface area contributed by atoms with Crippen molar-refractivity contribution in [1.82, 2.24) is 5.32 Å². The van der Waals surface area contributed by atoms with Crippen molar-refractivity contribution in [1.29, 1.82) is 0 Å². The van der Waals surface area contributed by atoms with Crippen molar-refractivity contribution < 1.29 is 8.81 Å². The number of rotatable bonds is 5. The summed E-state index contributed by atoms with van der Waals surface area (Å²) in [5, 5.41) is 3.28. The predicted octanol–water partition coefficient (Wildman–Crippen LogP) is 3.31. The molecule has 0 aliphatic rings. The summed E-state index contributed by atoms with van der Waals surface area (Å²) in [4.78, 5) is 0. The molecule has 0 bridgehead atoms. The highest BCUT2D eigenvalue weighted by Gasteiger charge is 2.09. The molecular weight excluding hydrogens is 217 g/mol. The lowest BCUT2D eigenvalue weighted by Gasteiger charge is -2.14. The molecule has 1 heterocycles. The maximum atomic E-state index is 13.5. The summed E-state index contributed by atoms with van der Waals surface area (Å²) < 4.78 is 18.7. The summed E-state index contributed by atoms with van der Waals surface area (Å²) in [6, 6.07) is 10.7. The first-order valence-electron chi connectivity index (χ1n) is 5.77. The lowest BCUT2D eigenvalue weighted by Crippen LogP contribution is -2.22. The van der Waals surface area contributed by atoms with E-state index in [0.717, 1.165) is 18.7 Å². The first-order valence-corrected chi connectivity index (χ1v) is 5.77. The average Bonchev–Trinajstić information content (AvgIpc) is 2.82. The smallest absolute Gasteiger partial charge is 0.127 e. The second kappa shape index (κ2) is 5.64. The summed E-state index contributed by atoms with van der Waals surface area (Å²) in [6.45, 7) is 2.73. The molecule has 2 nitrogen and oxygen atoms in total. The highest BCUT2D eigenvalue weighted by molar-refractivity contribution is 5.20. The van der Waals surface area contributed by atoms with Gasteiger partial charge in [-0.2, -0.15) is 0 Å². The molecule has 1 aromatic heterocycles. The molecule has 1 N–H and O–H groups in total. The average molecular weight is 233 g/mol. The Morgan fingerprint density at radius 1 is 1.24 bits per heavy atom. The molecule has 1 aromatic carbocycles. The fraction of sp³-hybridized carbons (Fsp3) is 0.286. The molecule has 0 radical (unpaired) electrons. The third-order valence-corrected chi connectivity index (χ3v) is 2.77. The molecule has 2 aromatic rings. The zero-order valence-corrected chi connectivity index (χ0v) is 9.82. The van der Waals surface area contributed by atoms with Gasteiger partial charge in [0.05, 0.1) is 6.26 Å². The van der Waals surface area contributed by atoms with Crippen molar-refractivity contribution in [3.8, 4) is 0 Å². The van der Waals surface area contributed by atoms with Crippen LogP contribution in [0.5, 0.6) is 0 Å². The highest BCUT2D eigenvalue weighted by atomic mass is 19.1. The predicted molar refractivity (Wildman–Crippen MR) is 65.2 cm³/mol. The van der Waals surface area contributed by atoms with Crippen LogP contribution in [0.1, 0.15) is 24.3 Å². The summed E-state index contributed by atoms with van der Waals surface area (Å²) in [6.07, 6.45) is 2.47. The van der Waals surface area contributed by atoms with E-state index in [0.29, 0.717) is 5.56 Å². The van der Waals surface area contributed by atoms with Crippen LogP contribution in [-0.2, 0) is 6.42 Å². The van der Waals surface area contributed by atoms with Crippen LogP contribution in [0.25, 0.3) is 0 Å². The molecule has 0 saturated carbocycles. The Labute approximate surface area is 100 Å². The molecule has 90 valence electrons. The van der Waals surface area contributed by atoms with E-state index in [1.165, 1.54) is 6.07 Å². The van der Waals surface area contributed by atoms with Crippen molar-refractivity contribution in [3.63, 3.8) is 0 Å². The van der Waals surface area contributed by atoms with Gasteiger partial charge in [0, 0.05) is 24.6 Å². The number of halogens is 1. The number of hydrogen-bond acceptors (Lipinski definition) is 2. The lowest BCUT2D eigenvalue weighted by molar-refractivity contribution is 0.479. The van der Waals surface area contributed by atoms with Crippen LogP contribution in [0.2, 0.25) is 0 Å². The SMILES string of the molecule is CC(NCCc1ccco1)c1ccccc1F. The minimum atomic E-state index is -0.162. The Balaban J connectivity index is 1.85. The van der Waals surface area contributed by atoms with Gasteiger partial charge < -0.3 is 9.73 Å². The Bertz CT molecular complexity index is 453. The molecule has 3 heteroatoms. The Hall–Kier alpha value is -1.61. The van der Waals surface area contributed by atoms with E-state index >= 15 is 0 Å². The fourth-order valence-corrected chi connectivity index (χ4v) is 1.80. The van der Waals surface area contributed by atoms with E-state index in [2.05, 4.69) is 5.32 Å². The van der Waals surface area contributed by atoms with Crippen LogP contribution in [0, 0.1) is 5.82 Å². The van der Waals surface area contributed by atoms with Gasteiger partial charge in [-0.3, -0.25) is 0 Å². The molecule has 0 aliphatic carbocycles. The van der Waals surface area contributed by atoms with Crippen LogP contribution in [0.4, 0.5) is 4.39 Å². The zero-order valence-electron chi connectivity index (χ0n) is 9.82. The van der Waals surface area contributed by atoms with Gasteiger partial charge in [0.1, 0.15) is 11.6 Å². The molecule has 17 heavy (non-hydrogen) atoms. The Morgan fingerprint density at radius 3 is 2.76 bits per heavy atom. The van der Waals surface area contributed by atoms with E-state index in [4.69, 9.17) is 4.42 Å². The van der Waals surface area contributed by atoms with Crippen LogP contribution >= 0.6 is 0 Å². The van der Waals surface area contributed by atoms with Crippen LogP contribution in [-0.4, -0.2) is 6.54 Å². The van der Waals surface area contributed by atoms with Gasteiger partial charge in [-0.1, -0.05) is 18.2 Å². The van der Waals surface area contributed by atoms with Gasteiger partial charge in [0.2, 0.25) is 0 Å². The topological polar surface area (TPSA) is 25.2 Å². The van der Waals surface area contributed by atoms with Gasteiger partial charge in [0.25, 0.3) is 0 Å². The largest absolute Gasteiger partial charge is 0.469 e. The van der Waals surface area contributed by atoms with Crippen LogP contribution in [0.15, 0.2) is 47.1 Å². The number of nitrogens with one attached hydrogen (secondary N) is 1. The Morgan fingerprint density at radius 2 is 2.06 bits per heavy atom. The van der Waals surface area contributed by atoms with Gasteiger partial charge >= 0.3 is 0 Å². The monoisotopic (exact) mass is 233 g/mol. The molecule has 1 unspecified atom stereocenters. The number of benzene rings is 1. The first kappa shape index (κ1) is 11.9. The van der Waals surface area contributed by atoms with Crippen molar-refractivity contribution in [3.05, 3.63) is 59.8 Å². The maximum Gasteiger partial charge on any atom is 0.127 e. The normalized spacial score (nSPS) is 12.6. The minimum absolute atomic E-state index is 0.00571. The summed E-state index contributed by atoms with van der Waals surface area (Å²) in [5.74, 6) is 0.781. The van der Waals surface area contributed by atoms with Crippen molar-refractivity contribution in [2.24, 2.45) is 0 Å². The quantitative estimate of drug-likeness (QED) is 0.857. The molecule has 0 spiro atoms. The number of hydrogen-bond donors (Lipinski definition) is 1. The molecular formula is C14H16FNO. The summed E-state index contributed by atoms with van der Waals surface area (Å²) >= 11 is 0. The van der Waals surface area contributed by atoms with Gasteiger partial charge in [-0.15, -0.1) is 0 Å². The van der Waals surface area contributed by atoms with Gasteiger partial charge in [-0.05, 0) is 25.1 Å². The van der Waals surface area contributed by atoms with E-state index in [-0.39, 0.29) is 11.9 Å². The third kappa shape index (κ3) is 3.17. The molecule has 0 amide bonds. The third-order valence-electron chi connectivity index (χ3n) is 2.77. The molecule has 1 atom stereocenters. The van der Waals surface area contributed by atoms with E-state index < -0.39 is 0 Å². The fourth-order valence-electron chi connectivity index (χ4n) is 1.80. The second-order valence-corrected chi connectivity index (χ2v) is 4.03. The highest BCUT2D eigenvalue weighted by Crippen LogP contribution is 2.15. The first-order chi connectivity index (χ1) is 8.27. The van der Waals surface area contributed by atoms with Gasteiger partial charge in [-0.25, -0.2) is 4.39 Å². The number of furan rings is 1. The molecule has 2 rings (SSSR count). The van der Waals surface area contributed by atoms with E-state index in [9.17, 15) is 4.39 Å². The van der Waals surface area contributed by atoms with E-state index in [1.807, 2.05) is 25.1 Å².